The van der Waals surface area contributed by atoms with Crippen LogP contribution in [0.1, 0.15) is 32.6 Å². The summed E-state index contributed by atoms with van der Waals surface area (Å²) in [6, 6.07) is 0.432. The van der Waals surface area contributed by atoms with Crippen LogP contribution in [0.4, 0.5) is 0 Å². The Morgan fingerprint density at radius 1 is 1.53 bits per heavy atom. The molecule has 2 unspecified atom stereocenters. The minimum absolute atomic E-state index is 0.382. The Balaban J connectivity index is 2.33. The molecule has 1 saturated carbocycles. The number of nitrogens with one attached hydrogen (secondary N) is 2. The lowest BCUT2D eigenvalue weighted by atomic mass is 10.2. The predicted molar refractivity (Wildman–Crippen MR) is 61.5 cm³/mol. The summed E-state index contributed by atoms with van der Waals surface area (Å²) in [5.41, 5.74) is 2.59. The molecule has 0 saturated heterocycles. The number of nitrogens with two attached hydrogens (primary N) is 1. The lowest BCUT2D eigenvalue weighted by Crippen LogP contribution is -2.46. The maximum Gasteiger partial charge on any atom is 0.205 e. The molecule has 2 atom stereocenters. The SMILES string of the molecule is CCCN=C(NN)NC1CCC(OC)C1. The van der Waals surface area contributed by atoms with Crippen LogP contribution in [0.25, 0.3) is 0 Å². The van der Waals surface area contributed by atoms with Gasteiger partial charge >= 0.3 is 0 Å². The van der Waals surface area contributed by atoms with E-state index in [1.165, 1.54) is 0 Å². The fourth-order valence-corrected chi connectivity index (χ4v) is 1.84. The maximum absolute atomic E-state index is 5.38. The van der Waals surface area contributed by atoms with Crippen LogP contribution in [-0.2, 0) is 4.74 Å². The van der Waals surface area contributed by atoms with E-state index in [0.29, 0.717) is 18.1 Å². The van der Waals surface area contributed by atoms with E-state index in [1.54, 1.807) is 7.11 Å². The fourth-order valence-electron chi connectivity index (χ4n) is 1.84. The third-order valence-electron chi connectivity index (χ3n) is 2.69. The summed E-state index contributed by atoms with van der Waals surface area (Å²) in [6.45, 7) is 2.89. The van der Waals surface area contributed by atoms with Crippen molar-refractivity contribution in [3.05, 3.63) is 0 Å². The molecule has 0 bridgehead atoms. The van der Waals surface area contributed by atoms with Gasteiger partial charge in [0.05, 0.1) is 6.10 Å². The van der Waals surface area contributed by atoms with Crippen molar-refractivity contribution in [3.8, 4) is 0 Å². The molecular formula is C10H22N4O. The summed E-state index contributed by atoms with van der Waals surface area (Å²) in [5, 5.41) is 3.30. The second-order valence-corrected chi connectivity index (χ2v) is 3.89. The van der Waals surface area contributed by atoms with E-state index in [0.717, 1.165) is 32.2 Å². The molecule has 0 aliphatic heterocycles. The monoisotopic (exact) mass is 214 g/mol. The molecule has 0 aromatic carbocycles. The van der Waals surface area contributed by atoms with E-state index in [1.807, 2.05) is 0 Å². The van der Waals surface area contributed by atoms with Crippen LogP contribution < -0.4 is 16.6 Å². The molecule has 0 aromatic rings. The van der Waals surface area contributed by atoms with Crippen molar-refractivity contribution in [2.75, 3.05) is 13.7 Å². The molecule has 1 fully saturated rings. The number of ether oxygens (including phenoxy) is 1. The number of rotatable bonds is 4. The lowest BCUT2D eigenvalue weighted by molar-refractivity contribution is 0.107. The van der Waals surface area contributed by atoms with Gasteiger partial charge in [-0.1, -0.05) is 6.92 Å². The Morgan fingerprint density at radius 2 is 2.33 bits per heavy atom. The highest BCUT2D eigenvalue weighted by atomic mass is 16.5. The first-order valence-corrected chi connectivity index (χ1v) is 5.60. The van der Waals surface area contributed by atoms with Crippen LogP contribution >= 0.6 is 0 Å². The third-order valence-corrected chi connectivity index (χ3v) is 2.69. The van der Waals surface area contributed by atoms with Crippen molar-refractivity contribution < 1.29 is 4.74 Å². The molecule has 0 aromatic heterocycles. The third kappa shape index (κ3) is 4.05. The second kappa shape index (κ2) is 6.63. The van der Waals surface area contributed by atoms with Crippen molar-refractivity contribution in [2.45, 2.75) is 44.8 Å². The van der Waals surface area contributed by atoms with Gasteiger partial charge in [-0.25, -0.2) is 5.84 Å². The first kappa shape index (κ1) is 12.3. The standard InChI is InChI=1S/C10H22N4O/c1-3-6-12-10(14-11)13-8-4-5-9(7-8)15-2/h8-9H,3-7,11H2,1-2H3,(H2,12,13,14). The summed E-state index contributed by atoms with van der Waals surface area (Å²) in [6.07, 6.45) is 4.67. The van der Waals surface area contributed by atoms with Gasteiger partial charge in [-0.3, -0.25) is 10.4 Å². The van der Waals surface area contributed by atoms with Crippen LogP contribution in [0.5, 0.6) is 0 Å². The van der Waals surface area contributed by atoms with Gasteiger partial charge in [-0.05, 0) is 25.7 Å². The average molecular weight is 214 g/mol. The van der Waals surface area contributed by atoms with E-state index in [-0.39, 0.29) is 0 Å². The zero-order valence-electron chi connectivity index (χ0n) is 9.62. The number of nitrogens with zero attached hydrogens (tertiary/aromatic N) is 1. The molecular weight excluding hydrogens is 192 g/mol. The van der Waals surface area contributed by atoms with Crippen LogP contribution in [0.2, 0.25) is 0 Å². The quantitative estimate of drug-likeness (QED) is 0.274. The first-order chi connectivity index (χ1) is 7.30. The number of aliphatic imine (C=N–C) groups is 1. The number of guanidine groups is 1. The number of hydrogen-bond acceptors (Lipinski definition) is 3. The molecule has 0 radical (unpaired) electrons. The van der Waals surface area contributed by atoms with Crippen molar-refractivity contribution >= 4 is 5.96 Å². The minimum Gasteiger partial charge on any atom is -0.381 e. The van der Waals surface area contributed by atoms with Crippen molar-refractivity contribution in [3.63, 3.8) is 0 Å². The molecule has 4 N–H and O–H groups in total. The minimum atomic E-state index is 0.382. The lowest BCUT2D eigenvalue weighted by Gasteiger charge is -2.15. The molecule has 0 heterocycles. The fraction of sp³-hybridized carbons (Fsp3) is 0.900. The van der Waals surface area contributed by atoms with Gasteiger partial charge in [0.15, 0.2) is 0 Å². The van der Waals surface area contributed by atoms with Gasteiger partial charge in [0.2, 0.25) is 5.96 Å². The molecule has 0 spiro atoms. The number of hydrazine groups is 1. The van der Waals surface area contributed by atoms with E-state index in [9.17, 15) is 0 Å². The van der Waals surface area contributed by atoms with Gasteiger partial charge in [0.1, 0.15) is 0 Å². The molecule has 1 aliphatic carbocycles. The first-order valence-electron chi connectivity index (χ1n) is 5.60. The Kier molecular flexibility index (Phi) is 5.42. The molecule has 88 valence electrons. The smallest absolute Gasteiger partial charge is 0.205 e. The zero-order valence-corrected chi connectivity index (χ0v) is 9.62. The van der Waals surface area contributed by atoms with E-state index in [2.05, 4.69) is 22.7 Å². The van der Waals surface area contributed by atoms with E-state index < -0.39 is 0 Å². The van der Waals surface area contributed by atoms with Crippen molar-refractivity contribution in [2.24, 2.45) is 10.8 Å². The highest BCUT2D eigenvalue weighted by Gasteiger charge is 2.24. The molecule has 15 heavy (non-hydrogen) atoms. The second-order valence-electron chi connectivity index (χ2n) is 3.89. The Bertz CT molecular complexity index is 208. The van der Waals surface area contributed by atoms with E-state index >= 15 is 0 Å². The van der Waals surface area contributed by atoms with Crippen LogP contribution in [0.3, 0.4) is 0 Å². The highest BCUT2D eigenvalue weighted by Crippen LogP contribution is 2.21. The van der Waals surface area contributed by atoms with Gasteiger partial charge in [0.25, 0.3) is 0 Å². The summed E-state index contributed by atoms with van der Waals surface area (Å²) in [7, 11) is 1.76. The average Bonchev–Trinajstić information content (AvgIpc) is 2.71. The summed E-state index contributed by atoms with van der Waals surface area (Å²) < 4.78 is 5.31. The highest BCUT2D eigenvalue weighted by molar-refractivity contribution is 5.79. The van der Waals surface area contributed by atoms with Crippen LogP contribution in [0, 0.1) is 0 Å². The summed E-state index contributed by atoms with van der Waals surface area (Å²) in [4.78, 5) is 4.30. The predicted octanol–water partition coefficient (Wildman–Crippen LogP) is 0.373. The largest absolute Gasteiger partial charge is 0.381 e. The Hall–Kier alpha value is -0.810. The van der Waals surface area contributed by atoms with E-state index in [4.69, 9.17) is 10.6 Å². The molecule has 1 rings (SSSR count). The zero-order chi connectivity index (χ0) is 11.1. The number of methoxy groups -OCH3 is 1. The van der Waals surface area contributed by atoms with Crippen molar-refractivity contribution in [1.82, 2.24) is 10.7 Å². The molecule has 0 amide bonds. The van der Waals surface area contributed by atoms with Crippen LogP contribution in [-0.4, -0.2) is 31.8 Å². The summed E-state index contributed by atoms with van der Waals surface area (Å²) in [5.74, 6) is 6.08. The molecule has 5 heteroatoms. The maximum atomic E-state index is 5.38. The molecule has 5 nitrogen and oxygen atoms in total. The molecule has 1 aliphatic rings. The topological polar surface area (TPSA) is 71.7 Å². The summed E-state index contributed by atoms with van der Waals surface area (Å²) >= 11 is 0. The van der Waals surface area contributed by atoms with Gasteiger partial charge in [-0.15, -0.1) is 0 Å². The van der Waals surface area contributed by atoms with Crippen molar-refractivity contribution in [1.29, 1.82) is 0 Å². The van der Waals surface area contributed by atoms with Gasteiger partial charge in [-0.2, -0.15) is 0 Å². The van der Waals surface area contributed by atoms with Gasteiger partial charge in [0, 0.05) is 19.7 Å². The van der Waals surface area contributed by atoms with Crippen LogP contribution in [0.15, 0.2) is 4.99 Å². The number of hydrogen-bond donors (Lipinski definition) is 3. The van der Waals surface area contributed by atoms with Gasteiger partial charge < -0.3 is 10.1 Å². The Labute approximate surface area is 91.4 Å². The normalized spacial score (nSPS) is 26.7. The Morgan fingerprint density at radius 3 is 2.87 bits per heavy atom.